The van der Waals surface area contributed by atoms with Crippen LogP contribution in [-0.4, -0.2) is 12.6 Å². The Morgan fingerprint density at radius 2 is 1.95 bits per heavy atom. The standard InChI is InChI=1S/C19H29N/c1-4-14-20-18(15-16(3)5-2)19(12-9-13-19)17-10-7-6-8-11-17/h6-8,10-11,18,20H,3-5,9,12-15H2,1-2H3. The molecular formula is C19H29N. The van der Waals surface area contributed by atoms with Crippen LogP contribution in [0.15, 0.2) is 42.5 Å². The number of nitrogens with one attached hydrogen (secondary N) is 1. The molecule has 1 unspecified atom stereocenters. The molecule has 0 aromatic heterocycles. The van der Waals surface area contributed by atoms with Crippen molar-refractivity contribution in [3.63, 3.8) is 0 Å². The van der Waals surface area contributed by atoms with E-state index < -0.39 is 0 Å². The number of hydrogen-bond donors (Lipinski definition) is 1. The predicted octanol–water partition coefficient (Wildman–Crippen LogP) is 4.83. The van der Waals surface area contributed by atoms with Crippen molar-refractivity contribution in [1.82, 2.24) is 5.32 Å². The van der Waals surface area contributed by atoms with Gasteiger partial charge in [0.05, 0.1) is 0 Å². The van der Waals surface area contributed by atoms with Crippen LogP contribution in [0.25, 0.3) is 0 Å². The van der Waals surface area contributed by atoms with Crippen LogP contribution in [0, 0.1) is 0 Å². The van der Waals surface area contributed by atoms with Crippen LogP contribution < -0.4 is 5.32 Å². The van der Waals surface area contributed by atoms with Crippen molar-refractivity contribution < 1.29 is 0 Å². The largest absolute Gasteiger partial charge is 0.313 e. The van der Waals surface area contributed by atoms with Gasteiger partial charge in [-0.05, 0) is 44.2 Å². The Labute approximate surface area is 124 Å². The third-order valence-electron chi connectivity index (χ3n) is 4.90. The van der Waals surface area contributed by atoms with Crippen molar-refractivity contribution in [2.75, 3.05) is 6.54 Å². The summed E-state index contributed by atoms with van der Waals surface area (Å²) in [4.78, 5) is 0. The fourth-order valence-corrected chi connectivity index (χ4v) is 3.38. The molecule has 1 saturated carbocycles. The van der Waals surface area contributed by atoms with E-state index in [1.165, 1.54) is 36.8 Å². The second kappa shape index (κ2) is 7.08. The van der Waals surface area contributed by atoms with Gasteiger partial charge in [0.25, 0.3) is 0 Å². The van der Waals surface area contributed by atoms with E-state index in [2.05, 4.69) is 56.1 Å². The maximum absolute atomic E-state index is 4.25. The third-order valence-corrected chi connectivity index (χ3v) is 4.90. The van der Waals surface area contributed by atoms with Crippen molar-refractivity contribution in [3.8, 4) is 0 Å². The summed E-state index contributed by atoms with van der Waals surface area (Å²) in [5.74, 6) is 0. The van der Waals surface area contributed by atoms with Crippen LogP contribution in [0.1, 0.15) is 57.9 Å². The minimum atomic E-state index is 0.342. The molecule has 20 heavy (non-hydrogen) atoms. The SMILES string of the molecule is C=C(CC)CC(NCCC)C1(c2ccccc2)CCC1. The van der Waals surface area contributed by atoms with Crippen LogP contribution >= 0.6 is 0 Å². The smallest absolute Gasteiger partial charge is 0.0201 e. The van der Waals surface area contributed by atoms with Crippen LogP contribution in [0.3, 0.4) is 0 Å². The molecule has 1 N–H and O–H groups in total. The van der Waals surface area contributed by atoms with Crippen molar-refractivity contribution in [1.29, 1.82) is 0 Å². The van der Waals surface area contributed by atoms with Crippen molar-refractivity contribution >= 4 is 0 Å². The molecule has 0 heterocycles. The molecule has 1 atom stereocenters. The summed E-state index contributed by atoms with van der Waals surface area (Å²) in [6.45, 7) is 9.82. The monoisotopic (exact) mass is 271 g/mol. The first kappa shape index (κ1) is 15.3. The molecule has 0 bridgehead atoms. The minimum Gasteiger partial charge on any atom is -0.313 e. The molecule has 1 heteroatoms. The highest BCUT2D eigenvalue weighted by Crippen LogP contribution is 2.47. The average molecular weight is 271 g/mol. The molecule has 1 aromatic carbocycles. The van der Waals surface area contributed by atoms with Gasteiger partial charge in [0.1, 0.15) is 0 Å². The Morgan fingerprint density at radius 1 is 1.25 bits per heavy atom. The zero-order valence-electron chi connectivity index (χ0n) is 13.1. The Kier molecular flexibility index (Phi) is 5.42. The quantitative estimate of drug-likeness (QED) is 0.668. The summed E-state index contributed by atoms with van der Waals surface area (Å²) >= 11 is 0. The van der Waals surface area contributed by atoms with Crippen molar-refractivity contribution in [3.05, 3.63) is 48.0 Å². The molecule has 0 amide bonds. The molecule has 1 nitrogen and oxygen atoms in total. The van der Waals surface area contributed by atoms with E-state index in [0.717, 1.165) is 19.4 Å². The molecule has 1 aliphatic rings. The molecule has 1 aliphatic carbocycles. The molecule has 0 aliphatic heterocycles. The molecular weight excluding hydrogens is 242 g/mol. The van der Waals surface area contributed by atoms with E-state index in [9.17, 15) is 0 Å². The number of rotatable bonds is 8. The van der Waals surface area contributed by atoms with Gasteiger partial charge in [0, 0.05) is 11.5 Å². The highest BCUT2D eigenvalue weighted by Gasteiger charge is 2.44. The lowest BCUT2D eigenvalue weighted by molar-refractivity contribution is 0.167. The summed E-state index contributed by atoms with van der Waals surface area (Å²) in [5.41, 5.74) is 3.23. The lowest BCUT2D eigenvalue weighted by atomic mass is 9.59. The van der Waals surface area contributed by atoms with Crippen LogP contribution in [0.5, 0.6) is 0 Å². The molecule has 0 saturated heterocycles. The molecule has 2 rings (SSSR count). The van der Waals surface area contributed by atoms with E-state index in [1.54, 1.807) is 0 Å². The van der Waals surface area contributed by atoms with E-state index in [4.69, 9.17) is 0 Å². The van der Waals surface area contributed by atoms with E-state index in [1.807, 2.05) is 0 Å². The zero-order valence-corrected chi connectivity index (χ0v) is 13.1. The van der Waals surface area contributed by atoms with Gasteiger partial charge in [0.15, 0.2) is 0 Å². The zero-order chi connectivity index (χ0) is 14.4. The van der Waals surface area contributed by atoms with Crippen molar-refractivity contribution in [2.45, 2.75) is 63.8 Å². The highest BCUT2D eigenvalue weighted by atomic mass is 14.9. The average Bonchev–Trinajstić information content (AvgIpc) is 2.44. The van der Waals surface area contributed by atoms with Crippen molar-refractivity contribution in [2.24, 2.45) is 0 Å². The number of hydrogen-bond acceptors (Lipinski definition) is 1. The van der Waals surface area contributed by atoms with E-state index in [0.29, 0.717) is 11.5 Å². The van der Waals surface area contributed by atoms with Gasteiger partial charge in [0.2, 0.25) is 0 Å². The van der Waals surface area contributed by atoms with Gasteiger partial charge in [-0.15, -0.1) is 0 Å². The van der Waals surface area contributed by atoms with E-state index in [-0.39, 0.29) is 0 Å². The van der Waals surface area contributed by atoms with Gasteiger partial charge >= 0.3 is 0 Å². The fourth-order valence-electron chi connectivity index (χ4n) is 3.38. The maximum Gasteiger partial charge on any atom is 0.0201 e. The summed E-state index contributed by atoms with van der Waals surface area (Å²) in [6.07, 6.45) is 7.39. The predicted molar refractivity (Wildman–Crippen MR) is 88.1 cm³/mol. The summed E-state index contributed by atoms with van der Waals surface area (Å²) in [5, 5.41) is 3.82. The van der Waals surface area contributed by atoms with Gasteiger partial charge in [-0.3, -0.25) is 0 Å². The van der Waals surface area contributed by atoms with E-state index >= 15 is 0 Å². The van der Waals surface area contributed by atoms with Gasteiger partial charge < -0.3 is 5.32 Å². The number of benzene rings is 1. The van der Waals surface area contributed by atoms with Crippen LogP contribution in [0.2, 0.25) is 0 Å². The normalized spacial score (nSPS) is 18.3. The van der Waals surface area contributed by atoms with Gasteiger partial charge in [-0.2, -0.15) is 0 Å². The minimum absolute atomic E-state index is 0.342. The molecule has 0 radical (unpaired) electrons. The lowest BCUT2D eigenvalue weighted by Crippen LogP contribution is -2.53. The molecule has 1 aromatic rings. The Morgan fingerprint density at radius 3 is 2.45 bits per heavy atom. The second-order valence-corrected chi connectivity index (χ2v) is 6.19. The second-order valence-electron chi connectivity index (χ2n) is 6.19. The topological polar surface area (TPSA) is 12.0 Å². The lowest BCUT2D eigenvalue weighted by Gasteiger charge is -2.49. The Balaban J connectivity index is 2.21. The molecule has 1 fully saturated rings. The molecule has 0 spiro atoms. The summed E-state index contributed by atoms with van der Waals surface area (Å²) in [6, 6.07) is 11.7. The van der Waals surface area contributed by atoms with Crippen LogP contribution in [-0.2, 0) is 5.41 Å². The third kappa shape index (κ3) is 3.15. The Hall–Kier alpha value is -1.08. The first-order valence-electron chi connectivity index (χ1n) is 8.18. The summed E-state index contributed by atoms with van der Waals surface area (Å²) < 4.78 is 0. The van der Waals surface area contributed by atoms with Crippen LogP contribution in [0.4, 0.5) is 0 Å². The summed E-state index contributed by atoms with van der Waals surface area (Å²) in [7, 11) is 0. The van der Waals surface area contributed by atoms with Gasteiger partial charge in [-0.1, -0.05) is 62.8 Å². The first-order valence-corrected chi connectivity index (χ1v) is 8.18. The first-order chi connectivity index (χ1) is 9.73. The fraction of sp³-hybridized carbons (Fsp3) is 0.579. The van der Waals surface area contributed by atoms with Gasteiger partial charge in [-0.25, -0.2) is 0 Å². The maximum atomic E-state index is 4.25. The molecule has 110 valence electrons. The Bertz CT molecular complexity index is 417. The highest BCUT2D eigenvalue weighted by molar-refractivity contribution is 5.31.